The van der Waals surface area contributed by atoms with Gasteiger partial charge in [-0.25, -0.2) is 4.79 Å². The van der Waals surface area contributed by atoms with Crippen LogP contribution in [0.25, 0.3) is 0 Å². The molecule has 0 aliphatic heterocycles. The number of amides is 1. The van der Waals surface area contributed by atoms with Crippen LogP contribution in [-0.4, -0.2) is 44.1 Å². The zero-order valence-corrected chi connectivity index (χ0v) is 12.5. The standard InChI is InChI=1S/C14H16N2O8/c17-11-5-4-8(7-10(11)16(23)24)6-9(14(21)22)15-12(18)2-1-3-13(19)20/h4-5,7,9,17H,1-3,6H2,(H,15,18)(H,19,20)(H,21,22)/t9-/m0/s1. The van der Waals surface area contributed by atoms with Crippen LogP contribution in [0.5, 0.6) is 5.75 Å². The quantitative estimate of drug-likeness (QED) is 0.375. The average Bonchev–Trinajstić information content (AvgIpc) is 2.47. The van der Waals surface area contributed by atoms with Crippen molar-refractivity contribution in [3.05, 3.63) is 33.9 Å². The highest BCUT2D eigenvalue weighted by atomic mass is 16.6. The van der Waals surface area contributed by atoms with Gasteiger partial charge in [-0.2, -0.15) is 0 Å². The number of carbonyl (C=O) groups excluding carboxylic acids is 1. The van der Waals surface area contributed by atoms with Crippen LogP contribution in [-0.2, 0) is 20.8 Å². The number of phenols is 1. The van der Waals surface area contributed by atoms with Crippen molar-refractivity contribution < 1.29 is 34.6 Å². The van der Waals surface area contributed by atoms with Crippen molar-refractivity contribution in [3.63, 3.8) is 0 Å². The molecule has 1 aromatic rings. The zero-order valence-electron chi connectivity index (χ0n) is 12.5. The maximum Gasteiger partial charge on any atom is 0.326 e. The Balaban J connectivity index is 2.74. The summed E-state index contributed by atoms with van der Waals surface area (Å²) in [4.78, 5) is 43.2. The fraction of sp³-hybridized carbons (Fsp3) is 0.357. The smallest absolute Gasteiger partial charge is 0.326 e. The van der Waals surface area contributed by atoms with E-state index in [0.29, 0.717) is 0 Å². The zero-order chi connectivity index (χ0) is 18.3. The third-order valence-corrected chi connectivity index (χ3v) is 3.10. The first-order valence-corrected chi connectivity index (χ1v) is 6.91. The third-order valence-electron chi connectivity index (χ3n) is 3.10. The summed E-state index contributed by atoms with van der Waals surface area (Å²) in [6, 6.07) is 2.09. The van der Waals surface area contributed by atoms with Gasteiger partial charge in [-0.1, -0.05) is 6.07 Å². The number of aliphatic carboxylic acids is 2. The Morgan fingerprint density at radius 1 is 1.21 bits per heavy atom. The van der Waals surface area contributed by atoms with Gasteiger partial charge in [0.1, 0.15) is 6.04 Å². The van der Waals surface area contributed by atoms with Gasteiger partial charge in [-0.3, -0.25) is 19.7 Å². The predicted molar refractivity (Wildman–Crippen MR) is 79.5 cm³/mol. The van der Waals surface area contributed by atoms with Crippen LogP contribution >= 0.6 is 0 Å². The Hall–Kier alpha value is -3.17. The fourth-order valence-corrected chi connectivity index (χ4v) is 1.94. The second-order valence-electron chi connectivity index (χ2n) is 4.99. The second-order valence-corrected chi connectivity index (χ2v) is 4.99. The third kappa shape index (κ3) is 5.91. The Morgan fingerprint density at radius 3 is 2.42 bits per heavy atom. The van der Waals surface area contributed by atoms with Crippen LogP contribution < -0.4 is 5.32 Å². The molecule has 0 spiro atoms. The number of carbonyl (C=O) groups is 3. The molecule has 0 aliphatic carbocycles. The normalized spacial score (nSPS) is 11.5. The summed E-state index contributed by atoms with van der Waals surface area (Å²) in [5.41, 5.74) is -0.317. The van der Waals surface area contributed by atoms with E-state index in [1.165, 1.54) is 6.07 Å². The Kier molecular flexibility index (Phi) is 6.65. The molecule has 1 aromatic carbocycles. The summed E-state index contributed by atoms with van der Waals surface area (Å²) >= 11 is 0. The maximum atomic E-state index is 11.6. The molecular formula is C14H16N2O8. The van der Waals surface area contributed by atoms with Crippen LogP contribution in [0, 0.1) is 10.1 Å². The number of benzene rings is 1. The van der Waals surface area contributed by atoms with Gasteiger partial charge in [0.05, 0.1) is 4.92 Å². The van der Waals surface area contributed by atoms with Gasteiger partial charge in [0, 0.05) is 25.3 Å². The molecule has 0 fully saturated rings. The maximum absolute atomic E-state index is 11.6. The van der Waals surface area contributed by atoms with Crippen LogP contribution in [0.1, 0.15) is 24.8 Å². The lowest BCUT2D eigenvalue weighted by atomic mass is 10.0. The molecule has 0 unspecified atom stereocenters. The van der Waals surface area contributed by atoms with Crippen molar-refractivity contribution in [1.82, 2.24) is 5.32 Å². The molecule has 130 valence electrons. The molecule has 10 heteroatoms. The molecule has 0 aliphatic rings. The van der Waals surface area contributed by atoms with Crippen LogP contribution in [0.2, 0.25) is 0 Å². The van der Waals surface area contributed by atoms with E-state index in [2.05, 4.69) is 5.32 Å². The molecule has 24 heavy (non-hydrogen) atoms. The van der Waals surface area contributed by atoms with E-state index in [-0.39, 0.29) is 31.2 Å². The van der Waals surface area contributed by atoms with Gasteiger partial charge in [0.25, 0.3) is 0 Å². The minimum Gasteiger partial charge on any atom is -0.502 e. The van der Waals surface area contributed by atoms with E-state index >= 15 is 0 Å². The second kappa shape index (κ2) is 8.46. The van der Waals surface area contributed by atoms with E-state index in [4.69, 9.17) is 10.2 Å². The van der Waals surface area contributed by atoms with Crippen molar-refractivity contribution in [2.75, 3.05) is 0 Å². The van der Waals surface area contributed by atoms with Crippen LogP contribution in [0.15, 0.2) is 18.2 Å². The van der Waals surface area contributed by atoms with Gasteiger partial charge < -0.3 is 20.6 Å². The number of hydrogen-bond acceptors (Lipinski definition) is 6. The minimum atomic E-state index is -1.34. The molecule has 0 saturated heterocycles. The monoisotopic (exact) mass is 340 g/mol. The molecule has 0 bridgehead atoms. The Bertz CT molecular complexity index is 658. The lowest BCUT2D eigenvalue weighted by Crippen LogP contribution is -2.42. The molecule has 0 heterocycles. The topological polar surface area (TPSA) is 167 Å². The molecular weight excluding hydrogens is 324 g/mol. The summed E-state index contributed by atoms with van der Waals surface area (Å²) < 4.78 is 0. The predicted octanol–water partition coefficient (Wildman–Crippen LogP) is 0.667. The minimum absolute atomic E-state index is 0.0676. The first kappa shape index (κ1) is 18.9. The molecule has 1 rings (SSSR count). The lowest BCUT2D eigenvalue weighted by Gasteiger charge is -2.14. The highest BCUT2D eigenvalue weighted by Crippen LogP contribution is 2.26. The fourth-order valence-electron chi connectivity index (χ4n) is 1.94. The number of carboxylic acid groups (broad SMARTS) is 2. The highest BCUT2D eigenvalue weighted by Gasteiger charge is 2.22. The summed E-state index contributed by atoms with van der Waals surface area (Å²) in [5, 5.41) is 40.0. The summed E-state index contributed by atoms with van der Waals surface area (Å²) in [6.45, 7) is 0. The molecule has 0 aromatic heterocycles. The van der Waals surface area contributed by atoms with Crippen LogP contribution in [0.4, 0.5) is 5.69 Å². The largest absolute Gasteiger partial charge is 0.502 e. The van der Waals surface area contributed by atoms with Crippen molar-refractivity contribution in [3.8, 4) is 5.75 Å². The van der Waals surface area contributed by atoms with Crippen molar-refractivity contribution in [2.24, 2.45) is 0 Å². The van der Waals surface area contributed by atoms with Crippen molar-refractivity contribution in [2.45, 2.75) is 31.7 Å². The summed E-state index contributed by atoms with van der Waals surface area (Å²) in [6.07, 6.45) is -0.513. The lowest BCUT2D eigenvalue weighted by molar-refractivity contribution is -0.385. The molecule has 0 radical (unpaired) electrons. The summed E-state index contributed by atoms with van der Waals surface area (Å²) in [7, 11) is 0. The van der Waals surface area contributed by atoms with E-state index in [1.54, 1.807) is 0 Å². The first-order chi connectivity index (χ1) is 11.2. The number of nitro groups is 1. The van der Waals surface area contributed by atoms with Gasteiger partial charge in [-0.15, -0.1) is 0 Å². The number of aromatic hydroxyl groups is 1. The number of nitrogens with zero attached hydrogens (tertiary/aromatic N) is 1. The Morgan fingerprint density at radius 2 is 1.88 bits per heavy atom. The highest BCUT2D eigenvalue weighted by molar-refractivity contribution is 5.84. The number of hydrogen-bond donors (Lipinski definition) is 4. The number of phenolic OH excluding ortho intramolecular Hbond substituents is 1. The SMILES string of the molecule is O=C(O)CCCC(=O)N[C@@H](Cc1ccc(O)c([N+](=O)[O-])c1)C(=O)O. The average molecular weight is 340 g/mol. The molecule has 10 nitrogen and oxygen atoms in total. The number of nitro benzene ring substituents is 1. The molecule has 0 saturated carbocycles. The van der Waals surface area contributed by atoms with Crippen molar-refractivity contribution >= 4 is 23.5 Å². The Labute approximate surface area is 135 Å². The first-order valence-electron chi connectivity index (χ1n) is 6.91. The van der Waals surface area contributed by atoms with Gasteiger partial charge in [0.15, 0.2) is 5.75 Å². The van der Waals surface area contributed by atoms with E-state index in [9.17, 15) is 29.6 Å². The van der Waals surface area contributed by atoms with Gasteiger partial charge in [0.2, 0.25) is 5.91 Å². The van der Waals surface area contributed by atoms with E-state index in [1.807, 2.05) is 0 Å². The number of rotatable bonds is 9. The number of nitrogens with one attached hydrogen (secondary N) is 1. The van der Waals surface area contributed by atoms with Gasteiger partial charge in [-0.05, 0) is 18.1 Å². The molecule has 1 amide bonds. The number of carboxylic acids is 2. The molecule has 1 atom stereocenters. The summed E-state index contributed by atoms with van der Waals surface area (Å²) in [5.74, 6) is -3.57. The van der Waals surface area contributed by atoms with Gasteiger partial charge >= 0.3 is 17.6 Å². The van der Waals surface area contributed by atoms with Crippen molar-refractivity contribution in [1.29, 1.82) is 0 Å². The van der Waals surface area contributed by atoms with E-state index in [0.717, 1.165) is 12.1 Å². The molecule has 4 N–H and O–H groups in total. The van der Waals surface area contributed by atoms with Crippen LogP contribution in [0.3, 0.4) is 0 Å². The van der Waals surface area contributed by atoms with E-state index < -0.39 is 40.2 Å².